The molecule has 194 valence electrons. The van der Waals surface area contributed by atoms with Crippen LogP contribution in [0.5, 0.6) is 11.5 Å². The zero-order valence-corrected chi connectivity index (χ0v) is 19.2. The number of carbonyl (C=O) groups is 3. The van der Waals surface area contributed by atoms with Gasteiger partial charge in [0, 0.05) is 24.0 Å². The van der Waals surface area contributed by atoms with E-state index < -0.39 is 24.0 Å². The van der Waals surface area contributed by atoms with Gasteiger partial charge in [-0.15, -0.1) is 0 Å². The molecule has 37 heavy (non-hydrogen) atoms. The van der Waals surface area contributed by atoms with Crippen molar-refractivity contribution in [2.45, 2.75) is 12.8 Å². The number of pyridine rings is 1. The van der Waals surface area contributed by atoms with Gasteiger partial charge >= 0.3 is 18.1 Å². The second-order valence-electron chi connectivity index (χ2n) is 7.04. The van der Waals surface area contributed by atoms with Crippen LogP contribution in [-0.2, 0) is 16.2 Å². The molecule has 0 aliphatic heterocycles. The number of para-hydroxylation sites is 1. The monoisotopic (exact) mass is 518 g/mol. The van der Waals surface area contributed by atoms with E-state index in [1.54, 1.807) is 55.9 Å². The number of halogens is 3. The van der Waals surface area contributed by atoms with Gasteiger partial charge in [0.05, 0.1) is 18.4 Å². The number of carboxylic acid groups (broad SMARTS) is 2. The van der Waals surface area contributed by atoms with Gasteiger partial charge in [0.2, 0.25) is 5.91 Å². The van der Waals surface area contributed by atoms with Gasteiger partial charge in [-0.3, -0.25) is 9.78 Å². The highest BCUT2D eigenvalue weighted by molar-refractivity contribution is 6.06. The van der Waals surface area contributed by atoms with Gasteiger partial charge in [0.25, 0.3) is 0 Å². The third kappa shape index (κ3) is 9.36. The average molecular weight is 518 g/mol. The quantitative estimate of drug-likeness (QED) is 0.367. The first-order chi connectivity index (χ1) is 17.5. The van der Waals surface area contributed by atoms with E-state index in [4.69, 9.17) is 19.4 Å². The van der Waals surface area contributed by atoms with Crippen molar-refractivity contribution in [2.75, 3.05) is 12.4 Å². The Bertz CT molecular complexity index is 1260. The van der Waals surface area contributed by atoms with Crippen LogP contribution >= 0.6 is 0 Å². The lowest BCUT2D eigenvalue weighted by molar-refractivity contribution is -0.192. The number of hydrogen-bond donors (Lipinski definition) is 3. The summed E-state index contributed by atoms with van der Waals surface area (Å²) in [6.07, 6.45) is 1.26. The lowest BCUT2D eigenvalue weighted by Gasteiger charge is -2.11. The fraction of sp³-hybridized carbons (Fsp3) is 0.120. The van der Waals surface area contributed by atoms with Crippen molar-refractivity contribution in [3.63, 3.8) is 0 Å². The Morgan fingerprint density at radius 1 is 1.03 bits per heavy atom. The summed E-state index contributed by atoms with van der Waals surface area (Å²) in [5.41, 5.74) is 1.89. The smallest absolute Gasteiger partial charge is 0.490 e. The van der Waals surface area contributed by atoms with Crippen molar-refractivity contribution >= 4 is 29.6 Å². The third-order valence-electron chi connectivity index (χ3n) is 4.39. The zero-order chi connectivity index (χ0) is 27.4. The molecule has 0 aliphatic rings. The number of nitrogens with one attached hydrogen (secondary N) is 1. The number of aromatic carboxylic acids is 1. The van der Waals surface area contributed by atoms with Crippen LogP contribution < -0.4 is 14.8 Å². The topological polar surface area (TPSA) is 135 Å². The molecule has 0 atom stereocenters. The molecule has 0 bridgehead atoms. The van der Waals surface area contributed by atoms with E-state index in [9.17, 15) is 27.9 Å². The Hall–Kier alpha value is -4.87. The molecule has 9 nitrogen and oxygen atoms in total. The highest BCUT2D eigenvalue weighted by atomic mass is 19.4. The van der Waals surface area contributed by atoms with Crippen molar-refractivity contribution in [3.05, 3.63) is 89.8 Å². The number of hydrogen-bond acceptors (Lipinski definition) is 6. The van der Waals surface area contributed by atoms with E-state index in [0.29, 0.717) is 18.1 Å². The minimum Gasteiger partial charge on any atom is -0.493 e. The number of carbonyl (C=O) groups excluding carboxylic acids is 1. The molecular formula is C25H21F3N2O7. The predicted octanol–water partition coefficient (Wildman–Crippen LogP) is 4.65. The van der Waals surface area contributed by atoms with Crippen molar-refractivity contribution in [1.82, 2.24) is 4.98 Å². The van der Waals surface area contributed by atoms with Gasteiger partial charge < -0.3 is 25.0 Å². The number of amides is 1. The molecule has 0 saturated heterocycles. The zero-order valence-electron chi connectivity index (χ0n) is 19.2. The first kappa shape index (κ1) is 28.4. The molecule has 0 radical (unpaired) electrons. The lowest BCUT2D eigenvalue weighted by atomic mass is 10.1. The molecule has 3 N–H and O–H groups in total. The Kier molecular flexibility index (Phi) is 10.2. The molecule has 0 fully saturated rings. The highest BCUT2D eigenvalue weighted by Gasteiger charge is 2.38. The number of benzene rings is 2. The summed E-state index contributed by atoms with van der Waals surface area (Å²) < 4.78 is 42.9. The van der Waals surface area contributed by atoms with Gasteiger partial charge in [-0.25, -0.2) is 9.59 Å². The number of aromatic nitrogens is 1. The molecule has 0 saturated carbocycles. The number of carboxylic acids is 2. The number of anilines is 1. The molecule has 0 aliphatic carbocycles. The normalized spacial score (nSPS) is 10.7. The van der Waals surface area contributed by atoms with Crippen LogP contribution in [-0.4, -0.2) is 46.3 Å². The van der Waals surface area contributed by atoms with E-state index in [0.717, 1.165) is 11.1 Å². The van der Waals surface area contributed by atoms with E-state index in [1.807, 2.05) is 12.1 Å². The maximum Gasteiger partial charge on any atom is 0.490 e. The van der Waals surface area contributed by atoms with Crippen LogP contribution in [0.4, 0.5) is 18.9 Å². The van der Waals surface area contributed by atoms with Crippen molar-refractivity contribution in [1.29, 1.82) is 0 Å². The number of methoxy groups -OCH3 is 1. The van der Waals surface area contributed by atoms with Crippen LogP contribution in [0, 0.1) is 0 Å². The van der Waals surface area contributed by atoms with Crippen molar-refractivity contribution < 1.29 is 47.2 Å². The molecule has 1 aromatic heterocycles. The van der Waals surface area contributed by atoms with E-state index in [2.05, 4.69) is 10.3 Å². The number of rotatable bonds is 8. The van der Waals surface area contributed by atoms with Crippen LogP contribution in [0.15, 0.2) is 73.1 Å². The molecular weight excluding hydrogens is 497 g/mol. The van der Waals surface area contributed by atoms with Gasteiger partial charge in [-0.05, 0) is 42.0 Å². The van der Waals surface area contributed by atoms with Gasteiger partial charge in [-0.2, -0.15) is 13.2 Å². The van der Waals surface area contributed by atoms with E-state index in [1.165, 1.54) is 18.2 Å². The Morgan fingerprint density at radius 3 is 2.32 bits per heavy atom. The largest absolute Gasteiger partial charge is 0.493 e. The minimum atomic E-state index is -5.08. The average Bonchev–Trinajstić information content (AvgIpc) is 2.87. The highest BCUT2D eigenvalue weighted by Crippen LogP contribution is 2.29. The third-order valence-corrected chi connectivity index (χ3v) is 4.39. The summed E-state index contributed by atoms with van der Waals surface area (Å²) in [4.78, 5) is 36.4. The molecule has 12 heteroatoms. The lowest BCUT2D eigenvalue weighted by Crippen LogP contribution is -2.21. The van der Waals surface area contributed by atoms with E-state index in [-0.39, 0.29) is 11.3 Å². The van der Waals surface area contributed by atoms with Crippen molar-refractivity contribution in [2.24, 2.45) is 0 Å². The first-order valence-corrected chi connectivity index (χ1v) is 10.3. The van der Waals surface area contributed by atoms with Crippen LogP contribution in [0.1, 0.15) is 21.5 Å². The minimum absolute atomic E-state index is 0.0229. The Labute approximate surface area is 208 Å². The number of nitrogens with zero attached hydrogens (tertiary/aromatic N) is 1. The molecule has 3 aromatic rings. The summed E-state index contributed by atoms with van der Waals surface area (Å²) in [5.74, 6) is -3.22. The molecule has 3 rings (SSSR count). The van der Waals surface area contributed by atoms with Gasteiger partial charge in [0.1, 0.15) is 6.61 Å². The molecule has 0 unspecified atom stereocenters. The molecule has 1 heterocycles. The van der Waals surface area contributed by atoms with E-state index >= 15 is 0 Å². The fourth-order valence-corrected chi connectivity index (χ4v) is 2.68. The summed E-state index contributed by atoms with van der Waals surface area (Å²) in [6, 6.07) is 15.2. The Morgan fingerprint density at radius 2 is 1.73 bits per heavy atom. The SMILES string of the molecule is COc1ccc(/C=C/C(=O)Nc2ccccc2C(=O)O)cc1OCc1cccnc1.O=C(O)C(F)(F)F. The van der Waals surface area contributed by atoms with Crippen LogP contribution in [0.2, 0.25) is 0 Å². The van der Waals surface area contributed by atoms with Gasteiger partial charge in [-0.1, -0.05) is 24.3 Å². The van der Waals surface area contributed by atoms with Crippen LogP contribution in [0.3, 0.4) is 0 Å². The Balaban J connectivity index is 0.000000604. The van der Waals surface area contributed by atoms with Crippen molar-refractivity contribution in [3.8, 4) is 11.5 Å². The second kappa shape index (κ2) is 13.3. The summed E-state index contributed by atoms with van der Waals surface area (Å²) in [6.45, 7) is 0.323. The summed E-state index contributed by atoms with van der Waals surface area (Å²) in [5, 5.41) is 18.9. The number of ether oxygens (including phenoxy) is 2. The maximum atomic E-state index is 12.2. The molecule has 1 amide bonds. The standard InChI is InChI=1S/C23H20N2O5.C2HF3O2/c1-29-20-10-8-16(13-21(20)30-15-17-5-4-12-24-14-17)9-11-22(26)25-19-7-3-2-6-18(19)23(27)28;3-2(4,5)1(6)7/h2-14H,15H2,1H3,(H,25,26)(H,27,28);(H,6,7)/b11-9+;. The predicted molar refractivity (Wildman–Crippen MR) is 126 cm³/mol. The summed E-state index contributed by atoms with van der Waals surface area (Å²) >= 11 is 0. The maximum absolute atomic E-state index is 12.2. The number of aliphatic carboxylic acids is 1. The first-order valence-electron chi connectivity index (χ1n) is 10.3. The second-order valence-corrected chi connectivity index (χ2v) is 7.04. The number of alkyl halides is 3. The molecule has 0 spiro atoms. The summed E-state index contributed by atoms with van der Waals surface area (Å²) in [7, 11) is 1.55. The fourth-order valence-electron chi connectivity index (χ4n) is 2.68. The molecule has 2 aromatic carbocycles. The van der Waals surface area contributed by atoms with Crippen LogP contribution in [0.25, 0.3) is 6.08 Å². The van der Waals surface area contributed by atoms with Gasteiger partial charge in [0.15, 0.2) is 11.5 Å².